The number of pyridine rings is 1. The lowest BCUT2D eigenvalue weighted by Gasteiger charge is -2.36. The van der Waals surface area contributed by atoms with E-state index in [0.29, 0.717) is 25.3 Å². The maximum Gasteiger partial charge on any atom is 0.273 e. The molecule has 11 nitrogen and oxygen atoms in total. The molecule has 2 atom stereocenters. The van der Waals surface area contributed by atoms with Crippen LogP contribution >= 0.6 is 0 Å². The number of morpholine rings is 1. The molecule has 2 aromatic heterocycles. The first-order valence-corrected chi connectivity index (χ1v) is 14.5. The number of ether oxygens (including phenoxy) is 1. The third-order valence-electron chi connectivity index (χ3n) is 7.46. The Balaban J connectivity index is 1.14. The summed E-state index contributed by atoms with van der Waals surface area (Å²) in [4.78, 5) is 21.6. The average Bonchev–Trinajstić information content (AvgIpc) is 3.63. The first kappa shape index (κ1) is 26.1. The SMILES string of the molecule is C[C@@H]1C[C@H](NC(=O)c2cc(C3CC3)on2)CCN1S(=O)(=O)c1ccc(N(C)CCN2CCOCC2)nc1. The van der Waals surface area contributed by atoms with E-state index in [1.165, 1.54) is 10.5 Å². The molecule has 0 bridgehead atoms. The molecule has 0 spiro atoms. The smallest absolute Gasteiger partial charge is 0.273 e. The second-order valence-corrected chi connectivity index (χ2v) is 12.2. The van der Waals surface area contributed by atoms with E-state index in [9.17, 15) is 13.2 Å². The van der Waals surface area contributed by atoms with E-state index in [1.807, 2.05) is 18.9 Å². The topological polar surface area (TPSA) is 121 Å². The molecule has 12 heteroatoms. The Bertz CT molecular complexity index is 1180. The third kappa shape index (κ3) is 6.14. The predicted octanol–water partition coefficient (Wildman–Crippen LogP) is 1.69. The molecule has 3 aliphatic rings. The first-order valence-electron chi connectivity index (χ1n) is 13.1. The van der Waals surface area contributed by atoms with Crippen molar-refractivity contribution in [3.05, 3.63) is 35.9 Å². The molecule has 0 radical (unpaired) electrons. The van der Waals surface area contributed by atoms with E-state index in [-0.39, 0.29) is 28.6 Å². The van der Waals surface area contributed by atoms with Crippen LogP contribution in [0.5, 0.6) is 0 Å². The van der Waals surface area contributed by atoms with Crippen LogP contribution in [0, 0.1) is 0 Å². The van der Waals surface area contributed by atoms with Crippen molar-refractivity contribution in [3.8, 4) is 0 Å². The van der Waals surface area contributed by atoms with E-state index in [4.69, 9.17) is 9.26 Å². The minimum atomic E-state index is -3.70. The number of carbonyl (C=O) groups is 1. The molecule has 1 N–H and O–H groups in total. The fourth-order valence-corrected chi connectivity index (χ4v) is 6.57. The van der Waals surface area contributed by atoms with Crippen molar-refractivity contribution in [2.75, 3.05) is 57.9 Å². The van der Waals surface area contributed by atoms with Gasteiger partial charge in [-0.1, -0.05) is 5.16 Å². The van der Waals surface area contributed by atoms with Crippen LogP contribution in [0.15, 0.2) is 33.8 Å². The minimum absolute atomic E-state index is 0.129. The number of piperidine rings is 1. The standard InChI is InChI=1S/C25H36N6O5S/c1-18-15-20(27-25(32)22-16-23(36-28-22)19-3-4-19)7-8-31(18)37(33,34)21-5-6-24(26-17-21)29(2)9-10-30-11-13-35-14-12-30/h5-6,16-20H,3-4,7-15H2,1-2H3,(H,27,32)/t18-,20-/m1/s1. The van der Waals surface area contributed by atoms with Gasteiger partial charge in [-0.25, -0.2) is 13.4 Å². The van der Waals surface area contributed by atoms with Crippen molar-refractivity contribution >= 4 is 21.7 Å². The van der Waals surface area contributed by atoms with Gasteiger partial charge in [-0.05, 0) is 44.7 Å². The highest BCUT2D eigenvalue weighted by molar-refractivity contribution is 7.89. The Morgan fingerprint density at radius 3 is 2.65 bits per heavy atom. The number of anilines is 1. The molecule has 1 amide bonds. The molecule has 1 saturated carbocycles. The second kappa shape index (κ2) is 11.1. The lowest BCUT2D eigenvalue weighted by molar-refractivity contribution is 0.0392. The monoisotopic (exact) mass is 532 g/mol. The Morgan fingerprint density at radius 1 is 1.19 bits per heavy atom. The second-order valence-electron chi connectivity index (χ2n) is 10.3. The fourth-order valence-electron chi connectivity index (χ4n) is 4.97. The molecule has 2 saturated heterocycles. The lowest BCUT2D eigenvalue weighted by Crippen LogP contribution is -2.50. The normalized spacial score (nSPS) is 23.6. The van der Waals surface area contributed by atoms with Gasteiger partial charge >= 0.3 is 0 Å². The van der Waals surface area contributed by atoms with Gasteiger partial charge in [0.15, 0.2) is 5.69 Å². The van der Waals surface area contributed by atoms with Crippen molar-refractivity contribution in [2.24, 2.45) is 0 Å². The van der Waals surface area contributed by atoms with Crippen LogP contribution in [0.1, 0.15) is 54.8 Å². The van der Waals surface area contributed by atoms with Gasteiger partial charge in [-0.2, -0.15) is 4.31 Å². The number of rotatable bonds is 9. The minimum Gasteiger partial charge on any atom is -0.379 e. The summed E-state index contributed by atoms with van der Waals surface area (Å²) >= 11 is 0. The maximum atomic E-state index is 13.4. The van der Waals surface area contributed by atoms with Crippen molar-refractivity contribution in [3.63, 3.8) is 0 Å². The highest BCUT2D eigenvalue weighted by Crippen LogP contribution is 2.40. The van der Waals surface area contributed by atoms with Crippen LogP contribution in [0.4, 0.5) is 5.82 Å². The van der Waals surface area contributed by atoms with Gasteiger partial charge in [0.1, 0.15) is 16.5 Å². The quantitative estimate of drug-likeness (QED) is 0.514. The van der Waals surface area contributed by atoms with Crippen molar-refractivity contribution in [2.45, 2.75) is 55.5 Å². The van der Waals surface area contributed by atoms with Crippen molar-refractivity contribution < 1.29 is 22.5 Å². The summed E-state index contributed by atoms with van der Waals surface area (Å²) in [6.07, 6.45) is 4.64. The summed E-state index contributed by atoms with van der Waals surface area (Å²) in [5, 5.41) is 6.89. The highest BCUT2D eigenvalue weighted by atomic mass is 32.2. The third-order valence-corrected chi connectivity index (χ3v) is 9.46. The predicted molar refractivity (Wildman–Crippen MR) is 137 cm³/mol. The Labute approximate surface area is 218 Å². The molecule has 3 fully saturated rings. The van der Waals surface area contributed by atoms with Gasteiger partial charge in [-0.3, -0.25) is 9.69 Å². The summed E-state index contributed by atoms with van der Waals surface area (Å²) in [5.41, 5.74) is 0.283. The zero-order valence-corrected chi connectivity index (χ0v) is 22.3. The number of amides is 1. The molecule has 37 heavy (non-hydrogen) atoms. The van der Waals surface area contributed by atoms with Crippen LogP contribution in [0.2, 0.25) is 0 Å². The van der Waals surface area contributed by atoms with Gasteiger partial charge in [0.2, 0.25) is 10.0 Å². The number of carbonyl (C=O) groups excluding carboxylic acids is 1. The number of hydrogen-bond donors (Lipinski definition) is 1. The Kier molecular flexibility index (Phi) is 7.80. The molecule has 1 aliphatic carbocycles. The number of aromatic nitrogens is 2. The van der Waals surface area contributed by atoms with Gasteiger partial charge in [-0.15, -0.1) is 0 Å². The largest absolute Gasteiger partial charge is 0.379 e. The zero-order valence-electron chi connectivity index (χ0n) is 21.5. The maximum absolute atomic E-state index is 13.4. The molecule has 4 heterocycles. The molecule has 0 unspecified atom stereocenters. The van der Waals surface area contributed by atoms with Crippen LogP contribution in [-0.4, -0.2) is 98.7 Å². The summed E-state index contributed by atoms with van der Waals surface area (Å²) in [7, 11) is -1.73. The van der Waals surface area contributed by atoms with Crippen LogP contribution < -0.4 is 10.2 Å². The van der Waals surface area contributed by atoms with E-state index in [1.54, 1.807) is 18.2 Å². The van der Waals surface area contributed by atoms with Crippen LogP contribution in [0.3, 0.4) is 0 Å². The first-order chi connectivity index (χ1) is 17.8. The van der Waals surface area contributed by atoms with E-state index in [2.05, 4.69) is 20.4 Å². The highest BCUT2D eigenvalue weighted by Gasteiger charge is 2.36. The molecule has 2 aliphatic heterocycles. The Morgan fingerprint density at radius 2 is 1.97 bits per heavy atom. The van der Waals surface area contributed by atoms with E-state index < -0.39 is 10.0 Å². The summed E-state index contributed by atoms with van der Waals surface area (Å²) < 4.78 is 38.9. The summed E-state index contributed by atoms with van der Waals surface area (Å²) in [5.74, 6) is 1.62. The fraction of sp³-hybridized carbons (Fsp3) is 0.640. The number of likely N-dealkylation sites (N-methyl/N-ethyl adjacent to an activating group) is 1. The van der Waals surface area contributed by atoms with Crippen LogP contribution in [0.25, 0.3) is 0 Å². The molecule has 0 aromatic carbocycles. The zero-order chi connectivity index (χ0) is 26.0. The molecule has 2 aromatic rings. The van der Waals surface area contributed by atoms with E-state index >= 15 is 0 Å². The molecular weight excluding hydrogens is 496 g/mol. The lowest BCUT2D eigenvalue weighted by atomic mass is 10.0. The average molecular weight is 533 g/mol. The van der Waals surface area contributed by atoms with Crippen molar-refractivity contribution in [1.29, 1.82) is 0 Å². The van der Waals surface area contributed by atoms with Crippen molar-refractivity contribution in [1.82, 2.24) is 24.7 Å². The summed E-state index contributed by atoms with van der Waals surface area (Å²) in [6.45, 7) is 7.28. The number of nitrogens with zero attached hydrogens (tertiary/aromatic N) is 5. The van der Waals surface area contributed by atoms with Crippen LogP contribution in [-0.2, 0) is 14.8 Å². The van der Waals surface area contributed by atoms with E-state index in [0.717, 1.165) is 63.8 Å². The number of sulfonamides is 1. The number of nitrogens with one attached hydrogen (secondary N) is 1. The molecular formula is C25H36N6O5S. The summed E-state index contributed by atoms with van der Waals surface area (Å²) in [6, 6.07) is 4.71. The Hall–Kier alpha value is -2.54. The van der Waals surface area contributed by atoms with Gasteiger partial charge in [0.05, 0.1) is 13.2 Å². The molecule has 5 rings (SSSR count). The molecule has 202 valence electrons. The van der Waals surface area contributed by atoms with Gasteiger partial charge < -0.3 is 19.5 Å². The number of hydrogen-bond acceptors (Lipinski definition) is 9. The van der Waals surface area contributed by atoms with Gasteiger partial charge in [0.25, 0.3) is 5.91 Å². The van der Waals surface area contributed by atoms with Gasteiger partial charge in [0, 0.05) is 70.0 Å².